The van der Waals surface area contributed by atoms with Crippen molar-refractivity contribution in [2.45, 2.75) is 6.04 Å². The van der Waals surface area contributed by atoms with E-state index in [1.165, 1.54) is 0 Å². The highest BCUT2D eigenvalue weighted by Crippen LogP contribution is 2.24. The van der Waals surface area contributed by atoms with Gasteiger partial charge in [0.2, 0.25) is 0 Å². The van der Waals surface area contributed by atoms with Crippen molar-refractivity contribution in [2.75, 3.05) is 0 Å². The Bertz CT molecular complexity index is 380. The minimum Gasteiger partial charge on any atom is -0.472 e. The molecule has 0 saturated heterocycles. The van der Waals surface area contributed by atoms with Crippen LogP contribution in [-0.4, -0.2) is 0 Å². The van der Waals surface area contributed by atoms with E-state index in [-0.39, 0.29) is 6.04 Å². The fraction of sp³-hybridized carbons (Fsp3) is 0.111. The van der Waals surface area contributed by atoms with Crippen molar-refractivity contribution in [3.05, 3.63) is 46.7 Å². The van der Waals surface area contributed by atoms with Crippen LogP contribution < -0.4 is 5.73 Å². The summed E-state index contributed by atoms with van der Waals surface area (Å²) in [4.78, 5) is 0. The summed E-state index contributed by atoms with van der Waals surface area (Å²) in [7, 11) is 0. The van der Waals surface area contributed by atoms with Gasteiger partial charge in [-0.15, -0.1) is 0 Å². The molecule has 0 saturated carbocycles. The molecular weight excluding hydrogens is 234 g/mol. The van der Waals surface area contributed by atoms with E-state index in [0.29, 0.717) is 10.4 Å². The normalized spacial score (nSPS) is 13.1. The first-order valence-electron chi connectivity index (χ1n) is 3.80. The Morgan fingerprint density at radius 2 is 2.15 bits per heavy atom. The van der Waals surface area contributed by atoms with E-state index in [2.05, 4.69) is 15.9 Å². The van der Waals surface area contributed by atoms with Gasteiger partial charge in [0.1, 0.15) is 5.76 Å². The number of furan rings is 2. The van der Waals surface area contributed by atoms with Gasteiger partial charge < -0.3 is 14.6 Å². The van der Waals surface area contributed by atoms with Crippen molar-refractivity contribution in [2.24, 2.45) is 5.73 Å². The Morgan fingerprint density at radius 3 is 2.69 bits per heavy atom. The first-order valence-corrected chi connectivity index (χ1v) is 4.59. The molecule has 0 aliphatic heterocycles. The quantitative estimate of drug-likeness (QED) is 0.880. The predicted octanol–water partition coefficient (Wildman–Crippen LogP) is 2.68. The molecule has 3 nitrogen and oxygen atoms in total. The summed E-state index contributed by atoms with van der Waals surface area (Å²) in [5.74, 6) is 0.716. The molecule has 1 atom stereocenters. The summed E-state index contributed by atoms with van der Waals surface area (Å²) in [5, 5.41) is 0. The van der Waals surface area contributed by atoms with Gasteiger partial charge in [-0.1, -0.05) is 0 Å². The minimum absolute atomic E-state index is 0.259. The number of nitrogens with two attached hydrogens (primary N) is 1. The topological polar surface area (TPSA) is 52.3 Å². The van der Waals surface area contributed by atoms with Crippen molar-refractivity contribution in [1.29, 1.82) is 0 Å². The SMILES string of the molecule is NC(c1ccoc1)c1ccc(Br)o1. The Balaban J connectivity index is 2.28. The van der Waals surface area contributed by atoms with Gasteiger partial charge in [0, 0.05) is 5.56 Å². The molecule has 0 aliphatic carbocycles. The first-order chi connectivity index (χ1) is 6.27. The van der Waals surface area contributed by atoms with E-state index in [4.69, 9.17) is 14.6 Å². The maximum absolute atomic E-state index is 5.90. The van der Waals surface area contributed by atoms with Crippen LogP contribution in [0.25, 0.3) is 0 Å². The van der Waals surface area contributed by atoms with Gasteiger partial charge in [0.15, 0.2) is 4.67 Å². The molecular formula is C9H8BrNO2. The van der Waals surface area contributed by atoms with Crippen molar-refractivity contribution in [3.8, 4) is 0 Å². The monoisotopic (exact) mass is 241 g/mol. The molecule has 2 aromatic heterocycles. The van der Waals surface area contributed by atoms with Crippen molar-refractivity contribution < 1.29 is 8.83 Å². The lowest BCUT2D eigenvalue weighted by molar-refractivity contribution is 0.468. The van der Waals surface area contributed by atoms with Crippen LogP contribution in [0.4, 0.5) is 0 Å². The van der Waals surface area contributed by atoms with Gasteiger partial charge in [-0.05, 0) is 34.1 Å². The Morgan fingerprint density at radius 1 is 1.31 bits per heavy atom. The molecule has 2 aromatic rings. The van der Waals surface area contributed by atoms with Gasteiger partial charge in [0.25, 0.3) is 0 Å². The molecule has 0 radical (unpaired) electrons. The van der Waals surface area contributed by atoms with Crippen molar-refractivity contribution >= 4 is 15.9 Å². The van der Waals surface area contributed by atoms with Gasteiger partial charge >= 0.3 is 0 Å². The summed E-state index contributed by atoms with van der Waals surface area (Å²) < 4.78 is 10.9. The summed E-state index contributed by atoms with van der Waals surface area (Å²) in [5.41, 5.74) is 6.80. The van der Waals surface area contributed by atoms with Crippen LogP contribution in [0.15, 0.2) is 44.2 Å². The van der Waals surface area contributed by atoms with E-state index in [0.717, 1.165) is 5.56 Å². The van der Waals surface area contributed by atoms with Crippen molar-refractivity contribution in [3.63, 3.8) is 0 Å². The summed E-state index contributed by atoms with van der Waals surface area (Å²) in [6.07, 6.45) is 3.20. The lowest BCUT2D eigenvalue weighted by atomic mass is 10.1. The molecule has 68 valence electrons. The standard InChI is InChI=1S/C9H8BrNO2/c10-8-2-1-7(13-8)9(11)6-3-4-12-5-6/h1-5,9H,11H2. The minimum atomic E-state index is -0.259. The highest BCUT2D eigenvalue weighted by atomic mass is 79.9. The van der Waals surface area contributed by atoms with E-state index in [1.807, 2.05) is 18.2 Å². The fourth-order valence-corrected chi connectivity index (χ4v) is 1.43. The zero-order valence-corrected chi connectivity index (χ0v) is 8.32. The lowest BCUT2D eigenvalue weighted by Gasteiger charge is -2.04. The predicted molar refractivity (Wildman–Crippen MR) is 51.1 cm³/mol. The number of rotatable bonds is 2. The molecule has 2 rings (SSSR count). The molecule has 1 unspecified atom stereocenters. The first kappa shape index (κ1) is 8.59. The third-order valence-electron chi connectivity index (χ3n) is 1.80. The second-order valence-electron chi connectivity index (χ2n) is 2.68. The molecule has 0 aliphatic rings. The lowest BCUT2D eigenvalue weighted by Crippen LogP contribution is -2.09. The van der Waals surface area contributed by atoms with Crippen LogP contribution in [0.1, 0.15) is 17.4 Å². The summed E-state index contributed by atoms with van der Waals surface area (Å²) >= 11 is 3.22. The van der Waals surface area contributed by atoms with Gasteiger partial charge in [-0.3, -0.25) is 0 Å². The average Bonchev–Trinajstić information content (AvgIpc) is 2.72. The summed E-state index contributed by atoms with van der Waals surface area (Å²) in [6.45, 7) is 0. The molecule has 0 aromatic carbocycles. The largest absolute Gasteiger partial charge is 0.472 e. The van der Waals surface area contributed by atoms with E-state index < -0.39 is 0 Å². The molecule has 0 spiro atoms. The maximum atomic E-state index is 5.90. The molecule has 13 heavy (non-hydrogen) atoms. The Kier molecular flexibility index (Phi) is 2.24. The second kappa shape index (κ2) is 3.40. The molecule has 0 amide bonds. The van der Waals surface area contributed by atoms with Crippen LogP contribution in [0.2, 0.25) is 0 Å². The van der Waals surface area contributed by atoms with E-state index in [9.17, 15) is 0 Å². The molecule has 2 heterocycles. The zero-order valence-electron chi connectivity index (χ0n) is 6.74. The smallest absolute Gasteiger partial charge is 0.169 e. The van der Waals surface area contributed by atoms with Gasteiger partial charge in [-0.2, -0.15) is 0 Å². The summed E-state index contributed by atoms with van der Waals surface area (Å²) in [6, 6.07) is 5.21. The van der Waals surface area contributed by atoms with Crippen LogP contribution in [0.3, 0.4) is 0 Å². The third-order valence-corrected chi connectivity index (χ3v) is 2.23. The van der Waals surface area contributed by atoms with Crippen LogP contribution >= 0.6 is 15.9 Å². The highest BCUT2D eigenvalue weighted by Gasteiger charge is 2.13. The highest BCUT2D eigenvalue weighted by molar-refractivity contribution is 9.10. The van der Waals surface area contributed by atoms with Crippen LogP contribution in [-0.2, 0) is 0 Å². The van der Waals surface area contributed by atoms with Gasteiger partial charge in [-0.25, -0.2) is 0 Å². The third kappa shape index (κ3) is 1.68. The fourth-order valence-electron chi connectivity index (χ4n) is 1.11. The number of hydrogen-bond acceptors (Lipinski definition) is 3. The molecule has 0 bridgehead atoms. The molecule has 0 fully saturated rings. The van der Waals surface area contributed by atoms with E-state index in [1.54, 1.807) is 12.5 Å². The van der Waals surface area contributed by atoms with Crippen molar-refractivity contribution in [1.82, 2.24) is 0 Å². The number of halogens is 1. The second-order valence-corrected chi connectivity index (χ2v) is 3.46. The maximum Gasteiger partial charge on any atom is 0.169 e. The molecule has 4 heteroatoms. The number of hydrogen-bond donors (Lipinski definition) is 1. The Labute approximate surface area is 83.6 Å². The van der Waals surface area contributed by atoms with Gasteiger partial charge in [0.05, 0.1) is 18.6 Å². The Hall–Kier alpha value is -1.000. The average molecular weight is 242 g/mol. The van der Waals surface area contributed by atoms with Crippen LogP contribution in [0, 0.1) is 0 Å². The molecule has 2 N–H and O–H groups in total. The zero-order chi connectivity index (χ0) is 9.26. The van der Waals surface area contributed by atoms with Crippen LogP contribution in [0.5, 0.6) is 0 Å². The van der Waals surface area contributed by atoms with E-state index >= 15 is 0 Å².